The van der Waals surface area contributed by atoms with Gasteiger partial charge in [0.2, 0.25) is 0 Å². The number of benzene rings is 1. The molecule has 1 nitrogen and oxygen atoms in total. The second-order valence-electron chi connectivity index (χ2n) is 4.68. The summed E-state index contributed by atoms with van der Waals surface area (Å²) in [6.07, 6.45) is -1.85. The van der Waals surface area contributed by atoms with Gasteiger partial charge in [-0.05, 0) is 55.0 Å². The van der Waals surface area contributed by atoms with Gasteiger partial charge in [-0.3, -0.25) is 0 Å². The highest BCUT2D eigenvalue weighted by molar-refractivity contribution is 6.31. The van der Waals surface area contributed by atoms with Gasteiger partial charge in [0, 0.05) is 5.02 Å². The maximum atomic E-state index is 12.6. The average molecular weight is 264 g/mol. The van der Waals surface area contributed by atoms with Crippen molar-refractivity contribution in [1.29, 1.82) is 0 Å². The molecule has 0 spiro atoms. The Balaban J connectivity index is 2.27. The van der Waals surface area contributed by atoms with Crippen LogP contribution in [0.5, 0.6) is 0 Å². The van der Waals surface area contributed by atoms with Crippen LogP contribution in [0, 0.1) is 5.41 Å². The van der Waals surface area contributed by atoms with E-state index in [1.54, 1.807) is 0 Å². The van der Waals surface area contributed by atoms with Gasteiger partial charge in [0.05, 0.1) is 5.56 Å². The van der Waals surface area contributed by atoms with E-state index < -0.39 is 11.7 Å². The van der Waals surface area contributed by atoms with Crippen molar-refractivity contribution in [3.8, 4) is 0 Å². The number of hydrogen-bond acceptors (Lipinski definition) is 1. The van der Waals surface area contributed by atoms with Gasteiger partial charge >= 0.3 is 6.18 Å². The Bertz CT molecular complexity index is 424. The monoisotopic (exact) mass is 263 g/mol. The van der Waals surface area contributed by atoms with Gasteiger partial charge in [0.25, 0.3) is 0 Å². The van der Waals surface area contributed by atoms with Crippen LogP contribution < -0.4 is 5.73 Å². The number of hydrogen-bond donors (Lipinski definition) is 1. The molecule has 0 saturated heterocycles. The van der Waals surface area contributed by atoms with Gasteiger partial charge in [-0.1, -0.05) is 11.6 Å². The van der Waals surface area contributed by atoms with Crippen LogP contribution in [0.4, 0.5) is 13.2 Å². The predicted octanol–water partition coefficient (Wildman–Crippen LogP) is 3.64. The summed E-state index contributed by atoms with van der Waals surface area (Å²) in [7, 11) is 0. The number of rotatable bonds is 3. The molecule has 0 unspecified atom stereocenters. The summed E-state index contributed by atoms with van der Waals surface area (Å²) >= 11 is 5.93. The molecule has 0 bridgehead atoms. The first-order chi connectivity index (χ1) is 7.86. The summed E-state index contributed by atoms with van der Waals surface area (Å²) < 4.78 is 37.7. The van der Waals surface area contributed by atoms with E-state index in [1.165, 1.54) is 6.07 Å². The molecule has 0 aromatic heterocycles. The molecule has 2 rings (SSSR count). The highest BCUT2D eigenvalue weighted by Gasteiger charge is 2.42. The summed E-state index contributed by atoms with van der Waals surface area (Å²) in [4.78, 5) is 0. The van der Waals surface area contributed by atoms with Crippen molar-refractivity contribution >= 4 is 11.6 Å². The third-order valence-electron chi connectivity index (χ3n) is 3.33. The lowest BCUT2D eigenvalue weighted by Crippen LogP contribution is -2.18. The average Bonchev–Trinajstić information content (AvgIpc) is 3.00. The van der Waals surface area contributed by atoms with Crippen molar-refractivity contribution < 1.29 is 13.2 Å². The summed E-state index contributed by atoms with van der Waals surface area (Å²) in [5.74, 6) is 0. The van der Waals surface area contributed by atoms with E-state index in [-0.39, 0.29) is 5.41 Å². The second kappa shape index (κ2) is 4.18. The molecule has 1 aliphatic rings. The predicted molar refractivity (Wildman–Crippen MR) is 60.9 cm³/mol. The van der Waals surface area contributed by atoms with Crippen molar-refractivity contribution in [3.63, 3.8) is 0 Å². The van der Waals surface area contributed by atoms with E-state index in [2.05, 4.69) is 0 Å². The van der Waals surface area contributed by atoms with Crippen molar-refractivity contribution in [2.75, 3.05) is 6.54 Å². The molecule has 0 aliphatic heterocycles. The summed E-state index contributed by atoms with van der Waals surface area (Å²) in [5.41, 5.74) is 5.50. The Labute approximate surface area is 103 Å². The topological polar surface area (TPSA) is 26.0 Å². The summed E-state index contributed by atoms with van der Waals surface area (Å²) in [6.45, 7) is 0.500. The normalized spacial score (nSPS) is 18.2. The molecular weight excluding hydrogens is 251 g/mol. The molecule has 17 heavy (non-hydrogen) atoms. The SMILES string of the molecule is NCC1(Cc2cc(C(F)(F)F)ccc2Cl)CC1. The van der Waals surface area contributed by atoms with Crippen LogP contribution in [0.3, 0.4) is 0 Å². The van der Waals surface area contributed by atoms with E-state index in [0.29, 0.717) is 23.6 Å². The third-order valence-corrected chi connectivity index (χ3v) is 3.70. The van der Waals surface area contributed by atoms with Crippen LogP contribution in [0.25, 0.3) is 0 Å². The summed E-state index contributed by atoms with van der Waals surface area (Å²) in [5, 5.41) is 0.387. The zero-order chi connectivity index (χ0) is 12.7. The van der Waals surface area contributed by atoms with Crippen molar-refractivity contribution in [2.24, 2.45) is 11.1 Å². The fraction of sp³-hybridized carbons (Fsp3) is 0.500. The first-order valence-corrected chi connectivity index (χ1v) is 5.80. The minimum atomic E-state index is -4.32. The van der Waals surface area contributed by atoms with E-state index in [1.807, 2.05) is 0 Å². The fourth-order valence-electron chi connectivity index (χ4n) is 1.92. The molecule has 2 N–H and O–H groups in total. The van der Waals surface area contributed by atoms with Gasteiger partial charge < -0.3 is 5.73 Å². The molecule has 0 atom stereocenters. The molecule has 1 aromatic rings. The molecule has 1 saturated carbocycles. The Morgan fingerprint density at radius 1 is 1.29 bits per heavy atom. The lowest BCUT2D eigenvalue weighted by molar-refractivity contribution is -0.137. The Hall–Kier alpha value is -0.740. The van der Waals surface area contributed by atoms with E-state index in [9.17, 15) is 13.2 Å². The van der Waals surface area contributed by atoms with Crippen LogP contribution in [0.2, 0.25) is 5.02 Å². The lowest BCUT2D eigenvalue weighted by Gasteiger charge is -2.15. The van der Waals surface area contributed by atoms with Gasteiger partial charge in [-0.2, -0.15) is 13.2 Å². The quantitative estimate of drug-likeness (QED) is 0.885. The van der Waals surface area contributed by atoms with Crippen molar-refractivity contribution in [3.05, 3.63) is 34.3 Å². The van der Waals surface area contributed by atoms with Crippen LogP contribution >= 0.6 is 11.6 Å². The largest absolute Gasteiger partial charge is 0.416 e. The van der Waals surface area contributed by atoms with Gasteiger partial charge in [0.15, 0.2) is 0 Å². The molecular formula is C12H13ClF3N. The Kier molecular flexibility index (Phi) is 3.12. The van der Waals surface area contributed by atoms with E-state index >= 15 is 0 Å². The molecule has 94 valence electrons. The first kappa shape index (κ1) is 12.7. The molecule has 0 radical (unpaired) electrons. The van der Waals surface area contributed by atoms with Crippen LogP contribution in [-0.4, -0.2) is 6.54 Å². The minimum absolute atomic E-state index is 0.0200. The zero-order valence-corrected chi connectivity index (χ0v) is 9.91. The molecule has 1 aliphatic carbocycles. The fourth-order valence-corrected chi connectivity index (χ4v) is 2.10. The number of nitrogens with two attached hydrogens (primary N) is 1. The lowest BCUT2D eigenvalue weighted by atomic mass is 9.95. The Morgan fingerprint density at radius 2 is 1.94 bits per heavy atom. The highest BCUT2D eigenvalue weighted by atomic mass is 35.5. The summed E-state index contributed by atoms with van der Waals surface area (Å²) in [6, 6.07) is 3.46. The minimum Gasteiger partial charge on any atom is -0.330 e. The molecule has 1 aromatic carbocycles. The van der Waals surface area contributed by atoms with Gasteiger partial charge in [-0.15, -0.1) is 0 Å². The first-order valence-electron chi connectivity index (χ1n) is 5.42. The molecule has 5 heteroatoms. The maximum Gasteiger partial charge on any atom is 0.416 e. The number of halogens is 4. The van der Waals surface area contributed by atoms with Crippen LogP contribution in [0.1, 0.15) is 24.0 Å². The van der Waals surface area contributed by atoms with Gasteiger partial charge in [0.1, 0.15) is 0 Å². The highest BCUT2D eigenvalue weighted by Crippen LogP contribution is 2.48. The van der Waals surface area contributed by atoms with Crippen LogP contribution in [-0.2, 0) is 12.6 Å². The van der Waals surface area contributed by atoms with E-state index in [0.717, 1.165) is 25.0 Å². The van der Waals surface area contributed by atoms with Crippen molar-refractivity contribution in [1.82, 2.24) is 0 Å². The van der Waals surface area contributed by atoms with Gasteiger partial charge in [-0.25, -0.2) is 0 Å². The third kappa shape index (κ3) is 2.75. The Morgan fingerprint density at radius 3 is 2.41 bits per heavy atom. The van der Waals surface area contributed by atoms with Crippen molar-refractivity contribution in [2.45, 2.75) is 25.4 Å². The molecule has 0 heterocycles. The molecule has 0 amide bonds. The standard InChI is InChI=1S/C12H13ClF3N/c13-10-2-1-9(12(14,15)16)5-8(10)6-11(7-17)3-4-11/h1-2,5H,3-4,6-7,17H2. The van der Waals surface area contributed by atoms with E-state index in [4.69, 9.17) is 17.3 Å². The number of alkyl halides is 3. The van der Waals surface area contributed by atoms with Crippen LogP contribution in [0.15, 0.2) is 18.2 Å². The zero-order valence-electron chi connectivity index (χ0n) is 9.15. The smallest absolute Gasteiger partial charge is 0.330 e. The molecule has 1 fully saturated rings. The second-order valence-corrected chi connectivity index (χ2v) is 5.09. The maximum absolute atomic E-state index is 12.6.